The molecular formula is C16H21N5. The van der Waals surface area contributed by atoms with E-state index in [2.05, 4.69) is 46.2 Å². The molecule has 0 fully saturated rings. The Hall–Kier alpha value is -2.17. The Bertz CT molecular complexity index is 681. The molecule has 0 spiro atoms. The summed E-state index contributed by atoms with van der Waals surface area (Å²) < 4.78 is 0. The monoisotopic (exact) mass is 283 g/mol. The van der Waals surface area contributed by atoms with Gasteiger partial charge >= 0.3 is 0 Å². The highest BCUT2D eigenvalue weighted by molar-refractivity contribution is 5.48. The van der Waals surface area contributed by atoms with Crippen molar-refractivity contribution in [2.45, 2.75) is 46.1 Å². The molecule has 3 rings (SSSR count). The maximum absolute atomic E-state index is 5.76. The van der Waals surface area contributed by atoms with Gasteiger partial charge < -0.3 is 11.1 Å². The zero-order valence-electron chi connectivity index (χ0n) is 12.8. The number of anilines is 2. The molecule has 1 aromatic carbocycles. The highest BCUT2D eigenvalue weighted by Gasteiger charge is 2.25. The molecule has 5 nitrogen and oxygen atoms in total. The van der Waals surface area contributed by atoms with E-state index in [1.54, 1.807) is 0 Å². The van der Waals surface area contributed by atoms with Crippen LogP contribution in [0.5, 0.6) is 0 Å². The number of nitrogens with one attached hydrogen (secondary N) is 1. The number of nitrogen functional groups attached to an aromatic ring is 1. The van der Waals surface area contributed by atoms with Crippen molar-refractivity contribution >= 4 is 11.9 Å². The molecule has 0 saturated carbocycles. The molecule has 2 aromatic rings. The van der Waals surface area contributed by atoms with E-state index >= 15 is 0 Å². The van der Waals surface area contributed by atoms with Gasteiger partial charge in [-0.3, -0.25) is 0 Å². The summed E-state index contributed by atoms with van der Waals surface area (Å²) in [7, 11) is 0. The summed E-state index contributed by atoms with van der Waals surface area (Å²) in [6.07, 6.45) is 2.91. The second-order valence-electron chi connectivity index (χ2n) is 5.60. The van der Waals surface area contributed by atoms with Crippen LogP contribution < -0.4 is 11.1 Å². The van der Waals surface area contributed by atoms with Crippen molar-refractivity contribution in [1.82, 2.24) is 15.0 Å². The number of rotatable bonds is 3. The molecule has 0 saturated heterocycles. The van der Waals surface area contributed by atoms with E-state index < -0.39 is 0 Å². The van der Waals surface area contributed by atoms with Crippen molar-refractivity contribution in [1.29, 1.82) is 0 Å². The van der Waals surface area contributed by atoms with Gasteiger partial charge in [0.1, 0.15) is 5.82 Å². The van der Waals surface area contributed by atoms with Crippen molar-refractivity contribution in [2.24, 2.45) is 0 Å². The Morgan fingerprint density at radius 1 is 1.24 bits per heavy atom. The number of aromatic nitrogens is 3. The number of nitrogens with zero attached hydrogens (tertiary/aromatic N) is 3. The zero-order chi connectivity index (χ0) is 15.0. The molecule has 3 N–H and O–H groups in total. The van der Waals surface area contributed by atoms with Gasteiger partial charge in [-0.05, 0) is 48.9 Å². The van der Waals surface area contributed by atoms with Gasteiger partial charge in [-0.1, -0.05) is 19.1 Å². The molecule has 1 atom stereocenters. The molecule has 1 aliphatic rings. The van der Waals surface area contributed by atoms with E-state index in [0.717, 1.165) is 25.1 Å². The SMILES string of the molecule is CCc1nc(N)nc(NC2CCc3ccc(C)c(C)c32)n1. The minimum absolute atomic E-state index is 0.256. The highest BCUT2D eigenvalue weighted by atomic mass is 15.2. The molecule has 110 valence electrons. The summed E-state index contributed by atoms with van der Waals surface area (Å²) in [4.78, 5) is 12.8. The largest absolute Gasteiger partial charge is 0.368 e. The van der Waals surface area contributed by atoms with Crippen molar-refractivity contribution in [3.05, 3.63) is 40.2 Å². The van der Waals surface area contributed by atoms with Crippen LogP contribution in [0.15, 0.2) is 12.1 Å². The third-order valence-electron chi connectivity index (χ3n) is 4.25. The molecule has 21 heavy (non-hydrogen) atoms. The minimum Gasteiger partial charge on any atom is -0.368 e. The van der Waals surface area contributed by atoms with Crippen molar-refractivity contribution in [2.75, 3.05) is 11.1 Å². The second-order valence-corrected chi connectivity index (χ2v) is 5.60. The molecule has 1 unspecified atom stereocenters. The molecule has 1 aliphatic carbocycles. The average Bonchev–Trinajstić information content (AvgIpc) is 2.86. The van der Waals surface area contributed by atoms with E-state index in [1.165, 1.54) is 22.3 Å². The van der Waals surface area contributed by atoms with E-state index in [-0.39, 0.29) is 12.0 Å². The standard InChI is InChI=1S/C16H21N5/c1-4-13-19-15(17)21-16(20-13)18-12-8-7-11-6-5-9(2)10(3)14(11)12/h5-6,12H,4,7-8H2,1-3H3,(H3,17,18,19,20,21). The predicted molar refractivity (Wildman–Crippen MR) is 84.2 cm³/mol. The summed E-state index contributed by atoms with van der Waals surface area (Å²) >= 11 is 0. The first kappa shape index (κ1) is 13.8. The van der Waals surface area contributed by atoms with Crippen LogP contribution in [0.4, 0.5) is 11.9 Å². The fourth-order valence-electron chi connectivity index (χ4n) is 3.00. The lowest BCUT2D eigenvalue weighted by Gasteiger charge is -2.17. The van der Waals surface area contributed by atoms with Gasteiger partial charge in [-0.15, -0.1) is 0 Å². The molecule has 5 heteroatoms. The lowest BCUT2D eigenvalue weighted by Crippen LogP contribution is -2.14. The van der Waals surface area contributed by atoms with Crippen LogP contribution in [0, 0.1) is 13.8 Å². The Labute approximate surface area is 125 Å². The van der Waals surface area contributed by atoms with Gasteiger partial charge in [0.05, 0.1) is 6.04 Å². The van der Waals surface area contributed by atoms with Gasteiger partial charge in [-0.2, -0.15) is 15.0 Å². The molecule has 0 radical (unpaired) electrons. The first-order chi connectivity index (χ1) is 10.1. The number of hydrogen-bond acceptors (Lipinski definition) is 5. The van der Waals surface area contributed by atoms with E-state index in [0.29, 0.717) is 5.95 Å². The molecule has 1 heterocycles. The maximum Gasteiger partial charge on any atom is 0.228 e. The summed E-state index contributed by atoms with van der Waals surface area (Å²) in [5, 5.41) is 3.44. The lowest BCUT2D eigenvalue weighted by molar-refractivity contribution is 0.742. The fourth-order valence-corrected chi connectivity index (χ4v) is 3.00. The van der Waals surface area contributed by atoms with Gasteiger partial charge in [-0.25, -0.2) is 0 Å². The summed E-state index contributed by atoms with van der Waals surface area (Å²) in [5.41, 5.74) is 11.3. The number of nitrogens with two attached hydrogens (primary N) is 1. The van der Waals surface area contributed by atoms with Gasteiger partial charge in [0.15, 0.2) is 0 Å². The first-order valence-electron chi connectivity index (χ1n) is 7.44. The molecule has 1 aromatic heterocycles. The number of benzene rings is 1. The summed E-state index contributed by atoms with van der Waals surface area (Å²) in [6, 6.07) is 4.69. The summed E-state index contributed by atoms with van der Waals surface area (Å²) in [6.45, 7) is 6.35. The molecular weight excluding hydrogens is 262 g/mol. The smallest absolute Gasteiger partial charge is 0.228 e. The lowest BCUT2D eigenvalue weighted by atomic mass is 9.98. The third-order valence-corrected chi connectivity index (χ3v) is 4.25. The predicted octanol–water partition coefficient (Wildman–Crippen LogP) is 2.73. The normalized spacial score (nSPS) is 16.8. The van der Waals surface area contributed by atoms with Gasteiger partial charge in [0, 0.05) is 6.42 Å². The summed E-state index contributed by atoms with van der Waals surface area (Å²) in [5.74, 6) is 1.59. The quantitative estimate of drug-likeness (QED) is 0.905. The number of aryl methyl sites for hydroxylation is 3. The van der Waals surface area contributed by atoms with Crippen molar-refractivity contribution in [3.8, 4) is 0 Å². The topological polar surface area (TPSA) is 76.7 Å². The van der Waals surface area contributed by atoms with Crippen molar-refractivity contribution in [3.63, 3.8) is 0 Å². The minimum atomic E-state index is 0.256. The van der Waals surface area contributed by atoms with E-state index in [9.17, 15) is 0 Å². The average molecular weight is 283 g/mol. The highest BCUT2D eigenvalue weighted by Crippen LogP contribution is 2.36. The van der Waals surface area contributed by atoms with Crippen LogP contribution in [-0.4, -0.2) is 15.0 Å². The molecule has 0 amide bonds. The number of fused-ring (bicyclic) bond motifs is 1. The van der Waals surface area contributed by atoms with Crippen LogP contribution in [0.25, 0.3) is 0 Å². The van der Waals surface area contributed by atoms with Gasteiger partial charge in [0.2, 0.25) is 11.9 Å². The number of hydrogen-bond donors (Lipinski definition) is 2. The Kier molecular flexibility index (Phi) is 3.49. The molecule has 0 bridgehead atoms. The van der Waals surface area contributed by atoms with E-state index in [4.69, 9.17) is 5.73 Å². The van der Waals surface area contributed by atoms with Crippen LogP contribution in [0.3, 0.4) is 0 Å². The Morgan fingerprint density at radius 3 is 2.81 bits per heavy atom. The van der Waals surface area contributed by atoms with E-state index in [1.807, 2.05) is 6.92 Å². The maximum atomic E-state index is 5.76. The van der Waals surface area contributed by atoms with Gasteiger partial charge in [0.25, 0.3) is 0 Å². The van der Waals surface area contributed by atoms with Crippen LogP contribution in [0.1, 0.15) is 47.5 Å². The van der Waals surface area contributed by atoms with Crippen LogP contribution >= 0.6 is 0 Å². The third kappa shape index (κ3) is 2.55. The van der Waals surface area contributed by atoms with Crippen molar-refractivity contribution < 1.29 is 0 Å². The molecule has 0 aliphatic heterocycles. The fraction of sp³-hybridized carbons (Fsp3) is 0.438. The van der Waals surface area contributed by atoms with Crippen LogP contribution in [0.2, 0.25) is 0 Å². The van der Waals surface area contributed by atoms with Crippen LogP contribution in [-0.2, 0) is 12.8 Å². The Morgan fingerprint density at radius 2 is 2.05 bits per heavy atom. The Balaban J connectivity index is 1.92. The second kappa shape index (κ2) is 5.31. The zero-order valence-corrected chi connectivity index (χ0v) is 12.8. The first-order valence-corrected chi connectivity index (χ1v) is 7.44.